The first-order chi connectivity index (χ1) is 14.7. The highest BCUT2D eigenvalue weighted by atomic mass is 19.1. The van der Waals surface area contributed by atoms with Gasteiger partial charge in [-0.2, -0.15) is 5.12 Å². The van der Waals surface area contributed by atoms with E-state index < -0.39 is 0 Å². The maximum Gasteiger partial charge on any atom is 0.123 e. The van der Waals surface area contributed by atoms with Crippen LogP contribution in [0.25, 0.3) is 0 Å². The summed E-state index contributed by atoms with van der Waals surface area (Å²) in [6, 6.07) is 13.1. The minimum atomic E-state index is -0.211. The predicted octanol–water partition coefficient (Wildman–Crippen LogP) is 4.23. The molecule has 174 valence electrons. The van der Waals surface area contributed by atoms with Crippen molar-refractivity contribution in [1.82, 2.24) is 16.0 Å². The summed E-state index contributed by atoms with van der Waals surface area (Å²) in [5.41, 5.74) is 11.0. The molecule has 2 aromatic rings. The third-order valence-corrected chi connectivity index (χ3v) is 5.73. The minimum absolute atomic E-state index is 0. The summed E-state index contributed by atoms with van der Waals surface area (Å²) in [5.74, 6) is -0.211. The summed E-state index contributed by atoms with van der Waals surface area (Å²) in [7, 11) is 3.84. The molecule has 0 aliphatic carbocycles. The van der Waals surface area contributed by atoms with Crippen molar-refractivity contribution in [2.24, 2.45) is 5.41 Å². The molecule has 1 aliphatic rings. The predicted molar refractivity (Wildman–Crippen MR) is 130 cm³/mol. The molecule has 1 aliphatic heterocycles. The van der Waals surface area contributed by atoms with Crippen LogP contribution in [0.5, 0.6) is 0 Å². The molecule has 0 unspecified atom stereocenters. The zero-order valence-corrected chi connectivity index (χ0v) is 19.3. The highest BCUT2D eigenvalue weighted by molar-refractivity contribution is 5.62. The summed E-state index contributed by atoms with van der Waals surface area (Å²) in [6.07, 6.45) is 0. The van der Waals surface area contributed by atoms with Crippen molar-refractivity contribution >= 4 is 11.4 Å². The van der Waals surface area contributed by atoms with Crippen LogP contribution >= 0.6 is 0 Å². The van der Waals surface area contributed by atoms with E-state index in [2.05, 4.69) is 60.5 Å². The normalized spacial score (nSPS) is 15.6. The molecule has 0 spiro atoms. The van der Waals surface area contributed by atoms with Crippen LogP contribution in [-0.2, 0) is 16.7 Å². The van der Waals surface area contributed by atoms with Crippen LogP contribution in [0.3, 0.4) is 0 Å². The van der Waals surface area contributed by atoms with Crippen molar-refractivity contribution in [3.05, 3.63) is 59.4 Å². The van der Waals surface area contributed by atoms with E-state index in [1.807, 2.05) is 31.3 Å². The Kier molecular flexibility index (Phi) is 7.54. The first-order valence-electron chi connectivity index (χ1n) is 10.8. The summed E-state index contributed by atoms with van der Waals surface area (Å²) in [6.45, 7) is 10.5. The van der Waals surface area contributed by atoms with Crippen LogP contribution in [-0.4, -0.2) is 45.5 Å². The van der Waals surface area contributed by atoms with Crippen molar-refractivity contribution in [3.63, 3.8) is 0 Å². The molecule has 7 heteroatoms. The quantitative estimate of drug-likeness (QED) is 0.421. The van der Waals surface area contributed by atoms with Crippen LogP contribution in [0, 0.1) is 11.2 Å². The fourth-order valence-corrected chi connectivity index (χ4v) is 3.54. The Morgan fingerprint density at radius 1 is 1.06 bits per heavy atom. The molecular formula is C24H40FN5O. The summed E-state index contributed by atoms with van der Waals surface area (Å²) < 4.78 is 18.7. The van der Waals surface area contributed by atoms with Crippen LogP contribution < -0.4 is 21.5 Å². The third-order valence-electron chi connectivity index (χ3n) is 5.73. The molecule has 0 amide bonds. The highest BCUT2D eigenvalue weighted by Crippen LogP contribution is 2.34. The Labute approximate surface area is 188 Å². The number of hydrogen-bond donors (Lipinski definition) is 4. The third kappa shape index (κ3) is 6.40. The van der Waals surface area contributed by atoms with E-state index in [1.54, 1.807) is 0 Å². The number of halogens is 1. The van der Waals surface area contributed by atoms with E-state index >= 15 is 0 Å². The van der Waals surface area contributed by atoms with Crippen molar-refractivity contribution < 1.29 is 12.0 Å². The smallest absolute Gasteiger partial charge is 0.123 e. The Morgan fingerprint density at radius 2 is 1.77 bits per heavy atom. The van der Waals surface area contributed by atoms with Gasteiger partial charge in [-0.3, -0.25) is 0 Å². The highest BCUT2D eigenvalue weighted by Gasteiger charge is 2.38. The largest absolute Gasteiger partial charge is 0.384 e. The van der Waals surface area contributed by atoms with Gasteiger partial charge in [0.25, 0.3) is 0 Å². The van der Waals surface area contributed by atoms with Gasteiger partial charge in [0.15, 0.2) is 0 Å². The number of hydrazine groups is 2. The number of rotatable bonds is 10. The Bertz CT molecular complexity index is 857. The standard InChI is InChI=1S/C24H36FN5O.2H2/c1-23(2,3)21-12-20(27-13-18-6-8-19(25)9-7-18)10-11-22(21)28-14-24(16-31-17-24)15-29-30(5)26-4;;/h6-12,26-29H,13-17H2,1-5H3;2*1H. The number of anilines is 2. The van der Waals surface area contributed by atoms with E-state index in [9.17, 15) is 4.39 Å². The zero-order valence-electron chi connectivity index (χ0n) is 19.3. The maximum absolute atomic E-state index is 13.1. The number of hydrogen-bond acceptors (Lipinski definition) is 6. The molecule has 3 rings (SSSR count). The molecule has 1 heterocycles. The molecular weight excluding hydrogens is 393 g/mol. The van der Waals surface area contributed by atoms with Gasteiger partial charge in [-0.05, 0) is 46.9 Å². The zero-order chi connectivity index (χ0) is 22.5. The average molecular weight is 434 g/mol. The van der Waals surface area contributed by atoms with Crippen molar-refractivity contribution in [2.75, 3.05) is 51.0 Å². The molecule has 0 saturated carbocycles. The van der Waals surface area contributed by atoms with E-state index in [-0.39, 0.29) is 19.5 Å². The molecule has 0 aromatic heterocycles. The SMILES string of the molecule is CNN(C)NCC1(CNc2ccc(NCc3ccc(F)cc3)cc2C(C)(C)C)COC1.[HH].[HH]. The lowest BCUT2D eigenvalue weighted by Crippen LogP contribution is -2.57. The van der Waals surface area contributed by atoms with Gasteiger partial charge in [-0.15, -0.1) is 0 Å². The number of nitrogens with one attached hydrogen (secondary N) is 4. The number of benzene rings is 2. The van der Waals surface area contributed by atoms with Gasteiger partial charge in [-0.1, -0.05) is 32.9 Å². The van der Waals surface area contributed by atoms with Gasteiger partial charge in [-0.25, -0.2) is 15.2 Å². The lowest BCUT2D eigenvalue weighted by Gasteiger charge is -2.43. The molecule has 0 atom stereocenters. The Hall–Kier alpha value is -2.19. The van der Waals surface area contributed by atoms with E-state index in [1.165, 1.54) is 17.7 Å². The summed E-state index contributed by atoms with van der Waals surface area (Å²) in [4.78, 5) is 0. The fourth-order valence-electron chi connectivity index (χ4n) is 3.54. The minimum Gasteiger partial charge on any atom is -0.384 e. The van der Waals surface area contributed by atoms with E-state index in [4.69, 9.17) is 4.74 Å². The molecule has 0 bridgehead atoms. The molecule has 31 heavy (non-hydrogen) atoms. The number of nitrogens with zero attached hydrogens (tertiary/aromatic N) is 1. The van der Waals surface area contributed by atoms with Gasteiger partial charge in [0, 0.05) is 53.4 Å². The van der Waals surface area contributed by atoms with Gasteiger partial charge in [0.1, 0.15) is 5.82 Å². The van der Waals surface area contributed by atoms with Crippen molar-refractivity contribution in [3.8, 4) is 0 Å². The second-order valence-corrected chi connectivity index (χ2v) is 9.45. The van der Waals surface area contributed by atoms with Crippen LogP contribution in [0.15, 0.2) is 42.5 Å². The van der Waals surface area contributed by atoms with E-state index in [0.29, 0.717) is 6.54 Å². The Balaban J connectivity index is 0.00000272. The lowest BCUT2D eigenvalue weighted by molar-refractivity contribution is -0.110. The second-order valence-electron chi connectivity index (χ2n) is 9.45. The summed E-state index contributed by atoms with van der Waals surface area (Å²) in [5, 5.41) is 9.01. The monoisotopic (exact) mass is 433 g/mol. The maximum atomic E-state index is 13.1. The molecule has 1 saturated heterocycles. The lowest BCUT2D eigenvalue weighted by atomic mass is 9.83. The van der Waals surface area contributed by atoms with Crippen molar-refractivity contribution in [1.29, 1.82) is 0 Å². The van der Waals surface area contributed by atoms with Crippen molar-refractivity contribution in [2.45, 2.75) is 32.7 Å². The van der Waals surface area contributed by atoms with Crippen LogP contribution in [0.1, 0.15) is 34.8 Å². The molecule has 1 fully saturated rings. The Morgan fingerprint density at radius 3 is 2.35 bits per heavy atom. The van der Waals surface area contributed by atoms with Gasteiger partial charge in [0.05, 0.1) is 13.2 Å². The van der Waals surface area contributed by atoms with Gasteiger partial charge in [0.2, 0.25) is 0 Å². The van der Waals surface area contributed by atoms with E-state index in [0.717, 1.165) is 43.2 Å². The first kappa shape index (κ1) is 23.5. The van der Waals surface area contributed by atoms with Crippen LogP contribution in [0.2, 0.25) is 0 Å². The topological polar surface area (TPSA) is 60.6 Å². The fraction of sp³-hybridized carbons (Fsp3) is 0.500. The first-order valence-corrected chi connectivity index (χ1v) is 10.8. The molecule has 6 nitrogen and oxygen atoms in total. The molecule has 0 radical (unpaired) electrons. The second kappa shape index (κ2) is 9.96. The van der Waals surface area contributed by atoms with Gasteiger partial charge >= 0.3 is 0 Å². The van der Waals surface area contributed by atoms with Crippen LogP contribution in [0.4, 0.5) is 15.8 Å². The number of ether oxygens (including phenoxy) is 1. The molecule has 4 N–H and O–H groups in total. The van der Waals surface area contributed by atoms with Gasteiger partial charge < -0.3 is 15.4 Å². The average Bonchev–Trinajstić information content (AvgIpc) is 2.71. The summed E-state index contributed by atoms with van der Waals surface area (Å²) >= 11 is 0. The molecule has 2 aromatic carbocycles.